The van der Waals surface area contributed by atoms with Crippen LogP contribution in [0.25, 0.3) is 144 Å². The second kappa shape index (κ2) is 28.0. The molecule has 6 aliphatic carbocycles. The summed E-state index contributed by atoms with van der Waals surface area (Å²) in [5.74, 6) is 0. The van der Waals surface area contributed by atoms with Crippen molar-refractivity contribution in [1.29, 1.82) is 0 Å². The molecule has 0 aliphatic heterocycles. The topological polar surface area (TPSA) is 49.1 Å². The second-order valence-corrected chi connectivity index (χ2v) is 42.6. The second-order valence-electron chi connectivity index (χ2n) is 42.6. The van der Waals surface area contributed by atoms with Crippen LogP contribution in [0.4, 0.5) is 51.2 Å². The standard InChI is InChI=1S/C130H103N3O3/c1-73-49-54-79(55-50-73)131(81-58-66-91-100(69-81)130(14,15)121-115(91)123-111(93-41-25-32-48-105(93)135-123)108-90-65-61-84(72-99(90)129(12,13)118(108)121)133(101-44-28-19-33-74(101)2)102-45-29-20-34-75(102)3)80-56-51-76(52-57-80)67-77-53-62-94-106(68-77)136-124-112(94)109-89-64-60-83(71-98(89)128(10,11)117(109)120-114(124)87-39-22-27-43-96(87)126(120,6)7)132(103-46-30-23-37-85(103)78-35-17-16-18-36-78)82-59-63-88-97(70-82)127(8,9)116-107(88)110-92-40-24-31-47-104(92)134-122(110)113-86-38-21-26-42-95(86)125(4,5)119(113)116/h16-66,68-72H,67H2,1-15H3. The van der Waals surface area contributed by atoms with Gasteiger partial charge in [0.25, 0.3) is 0 Å². The van der Waals surface area contributed by atoms with Gasteiger partial charge < -0.3 is 28.0 Å². The highest BCUT2D eigenvalue weighted by atomic mass is 16.3. The zero-order valence-electron chi connectivity index (χ0n) is 79.6. The van der Waals surface area contributed by atoms with Crippen LogP contribution in [-0.4, -0.2) is 0 Å². The van der Waals surface area contributed by atoms with E-state index in [1.54, 1.807) is 0 Å². The van der Waals surface area contributed by atoms with Crippen molar-refractivity contribution in [1.82, 2.24) is 0 Å². The van der Waals surface area contributed by atoms with Gasteiger partial charge in [0, 0.05) is 133 Å². The molecule has 656 valence electrons. The van der Waals surface area contributed by atoms with Gasteiger partial charge >= 0.3 is 0 Å². The maximum Gasteiger partial charge on any atom is 0.144 e. The molecule has 0 fully saturated rings. The minimum atomic E-state index is -0.461. The normalized spacial score (nSPS) is 15.4. The molecule has 0 amide bonds. The molecule has 0 radical (unpaired) electrons. The summed E-state index contributed by atoms with van der Waals surface area (Å²) in [6, 6.07) is 128. The number of fused-ring (bicyclic) bond motifs is 36. The van der Waals surface area contributed by atoms with Gasteiger partial charge in [0.2, 0.25) is 0 Å². The predicted molar refractivity (Wildman–Crippen MR) is 567 cm³/mol. The van der Waals surface area contributed by atoms with Crippen LogP contribution in [0.2, 0.25) is 0 Å². The maximum absolute atomic E-state index is 7.66. The van der Waals surface area contributed by atoms with Crippen molar-refractivity contribution in [3.05, 3.63) is 434 Å². The summed E-state index contributed by atoms with van der Waals surface area (Å²) < 4.78 is 22.1. The summed E-state index contributed by atoms with van der Waals surface area (Å²) in [6.45, 7) is 36.2. The molecular formula is C130H103N3O3. The van der Waals surface area contributed by atoms with Gasteiger partial charge in [-0.2, -0.15) is 0 Å². The molecule has 0 atom stereocenters. The van der Waals surface area contributed by atoms with Gasteiger partial charge in [0.15, 0.2) is 0 Å². The number of furan rings is 3. The van der Waals surface area contributed by atoms with Crippen molar-refractivity contribution in [2.24, 2.45) is 0 Å². The van der Waals surface area contributed by atoms with Crippen molar-refractivity contribution < 1.29 is 13.3 Å². The van der Waals surface area contributed by atoms with Crippen LogP contribution in [0.1, 0.15) is 178 Å². The number of benzene rings is 18. The average molecular weight is 1760 g/mol. The molecule has 0 unspecified atom stereocenters. The molecule has 21 aromatic rings. The van der Waals surface area contributed by atoms with E-state index >= 15 is 0 Å². The Hall–Kier alpha value is -15.2. The molecule has 0 N–H and O–H groups in total. The number of hydrogen-bond acceptors (Lipinski definition) is 6. The van der Waals surface area contributed by atoms with E-state index in [1.165, 1.54) is 189 Å². The van der Waals surface area contributed by atoms with Gasteiger partial charge in [-0.3, -0.25) is 0 Å². The van der Waals surface area contributed by atoms with E-state index in [4.69, 9.17) is 13.3 Å². The minimum absolute atomic E-state index is 0.286. The molecule has 0 spiro atoms. The van der Waals surface area contributed by atoms with Crippen LogP contribution in [-0.2, 0) is 38.9 Å². The summed E-state index contributed by atoms with van der Waals surface area (Å²) in [6.07, 6.45) is 0.715. The van der Waals surface area contributed by atoms with Gasteiger partial charge in [-0.1, -0.05) is 319 Å². The van der Waals surface area contributed by atoms with Crippen molar-refractivity contribution in [3.8, 4) is 77.9 Å². The van der Waals surface area contributed by atoms with Gasteiger partial charge in [-0.05, 0) is 281 Å². The first-order valence-electron chi connectivity index (χ1n) is 48.5. The van der Waals surface area contributed by atoms with Gasteiger partial charge in [0.1, 0.15) is 33.5 Å². The molecular weight excluding hydrogens is 1650 g/mol. The fraction of sp³-hybridized carbons (Fsp3) is 0.169. The molecule has 3 aromatic heterocycles. The Labute approximate surface area is 794 Å². The Kier molecular flexibility index (Phi) is 16.5. The Morgan fingerprint density at radius 1 is 0.221 bits per heavy atom. The van der Waals surface area contributed by atoms with E-state index in [9.17, 15) is 0 Å². The number of para-hydroxylation sites is 5. The Bertz CT molecular complexity index is 8810. The van der Waals surface area contributed by atoms with Crippen molar-refractivity contribution in [3.63, 3.8) is 0 Å². The first-order chi connectivity index (χ1) is 65.8. The first kappa shape index (κ1) is 80.4. The monoisotopic (exact) mass is 1750 g/mol. The van der Waals surface area contributed by atoms with Gasteiger partial charge in [-0.15, -0.1) is 0 Å². The van der Waals surface area contributed by atoms with E-state index < -0.39 is 21.7 Å². The lowest BCUT2D eigenvalue weighted by molar-refractivity contribution is 0.600. The lowest BCUT2D eigenvalue weighted by Crippen LogP contribution is -2.24. The zero-order chi connectivity index (χ0) is 92.2. The molecule has 18 aromatic carbocycles. The Morgan fingerprint density at radius 3 is 0.985 bits per heavy atom. The predicted octanol–water partition coefficient (Wildman–Crippen LogP) is 35.8. The average Bonchev–Trinajstić information content (AvgIpc) is 1.51. The summed E-state index contributed by atoms with van der Waals surface area (Å²) in [7, 11) is 0. The van der Waals surface area contributed by atoms with Crippen LogP contribution in [0, 0.1) is 20.8 Å². The SMILES string of the molecule is Cc1ccc(N(c2ccc(Cc3ccc4c(c3)oc3c5c(c6c(c34)-c3ccc(N(c4ccc7c(c4)C(C)(C)c4c8c(c9oc%10ccccc%10c9c4-7)-c4ccccc4C8(C)C)c4ccccc4-c4ccccc4)cc3C6(C)C)C(C)(C)c3ccccc3-5)cc2)c2ccc3c(c2)C(C)(C)c2c4c(c5c(oc6ccccc65)c2-3)-c2ccc(N(c3ccccc3C)c3ccccc3C)cc2C4(C)C)cc1. The van der Waals surface area contributed by atoms with E-state index in [2.05, 4.69) is 458 Å². The van der Waals surface area contributed by atoms with Crippen LogP contribution >= 0.6 is 0 Å². The zero-order valence-corrected chi connectivity index (χ0v) is 79.6. The summed E-state index contributed by atoms with van der Waals surface area (Å²) in [5, 5.41) is 7.00. The number of nitrogens with zero attached hydrogens (tertiary/aromatic N) is 3. The highest BCUT2D eigenvalue weighted by molar-refractivity contribution is 6.25. The molecule has 0 bridgehead atoms. The van der Waals surface area contributed by atoms with Crippen LogP contribution in [0.3, 0.4) is 0 Å². The highest BCUT2D eigenvalue weighted by Gasteiger charge is 2.54. The maximum atomic E-state index is 7.66. The smallest absolute Gasteiger partial charge is 0.144 e. The molecule has 6 aliphatic rings. The molecule has 27 rings (SSSR count). The third kappa shape index (κ3) is 10.8. The van der Waals surface area contributed by atoms with E-state index in [-0.39, 0.29) is 10.8 Å². The summed E-state index contributed by atoms with van der Waals surface area (Å²) in [4.78, 5) is 7.48. The van der Waals surface area contributed by atoms with E-state index in [0.29, 0.717) is 6.42 Å². The van der Waals surface area contributed by atoms with Gasteiger partial charge in [-0.25, -0.2) is 0 Å². The number of aryl methyl sites for hydroxylation is 3. The van der Waals surface area contributed by atoms with Crippen molar-refractivity contribution >= 4 is 117 Å². The molecule has 0 saturated heterocycles. The summed E-state index contributed by atoms with van der Waals surface area (Å²) >= 11 is 0. The molecule has 0 saturated carbocycles. The molecule has 6 nitrogen and oxygen atoms in total. The van der Waals surface area contributed by atoms with Crippen molar-refractivity contribution in [2.45, 2.75) is 143 Å². The number of hydrogen-bond donors (Lipinski definition) is 0. The Morgan fingerprint density at radius 2 is 0.537 bits per heavy atom. The van der Waals surface area contributed by atoms with Crippen LogP contribution < -0.4 is 14.7 Å². The largest absolute Gasteiger partial charge is 0.455 e. The highest BCUT2D eigenvalue weighted by Crippen LogP contribution is 2.69. The number of anilines is 9. The molecule has 136 heavy (non-hydrogen) atoms. The first-order valence-corrected chi connectivity index (χ1v) is 48.5. The van der Waals surface area contributed by atoms with Crippen molar-refractivity contribution in [2.75, 3.05) is 14.7 Å². The third-order valence-corrected chi connectivity index (χ3v) is 32.8. The number of rotatable bonds is 12. The lowest BCUT2D eigenvalue weighted by Gasteiger charge is -2.33. The van der Waals surface area contributed by atoms with Crippen LogP contribution in [0.5, 0.6) is 0 Å². The fourth-order valence-electron chi connectivity index (χ4n) is 26.5. The minimum Gasteiger partial charge on any atom is -0.455 e. The Balaban J connectivity index is 0.562. The van der Waals surface area contributed by atoms with Crippen LogP contribution in [0.15, 0.2) is 353 Å². The third-order valence-electron chi connectivity index (χ3n) is 32.8. The van der Waals surface area contributed by atoms with E-state index in [1.807, 2.05) is 0 Å². The molecule has 3 heterocycles. The summed E-state index contributed by atoms with van der Waals surface area (Å²) in [5.41, 5.74) is 52.9. The fourth-order valence-corrected chi connectivity index (χ4v) is 26.5. The van der Waals surface area contributed by atoms with E-state index in [0.717, 1.165) is 101 Å². The lowest BCUT2D eigenvalue weighted by atomic mass is 9.72. The quantitative estimate of drug-likeness (QED) is 0.121. The molecule has 6 heteroatoms. The van der Waals surface area contributed by atoms with Gasteiger partial charge in [0.05, 0.1) is 5.69 Å².